The molecule has 126 valence electrons. The maximum Gasteiger partial charge on any atom is 0.422 e. The molecule has 5 nitrogen and oxygen atoms in total. The summed E-state index contributed by atoms with van der Waals surface area (Å²) in [5.41, 5.74) is -2.36. The van der Waals surface area contributed by atoms with Gasteiger partial charge in [0.25, 0.3) is 0 Å². The number of ether oxygens (including phenoxy) is 1. The number of halogens is 3. The number of rotatable bonds is 2. The summed E-state index contributed by atoms with van der Waals surface area (Å²) in [4.78, 5) is 17.1. The van der Waals surface area contributed by atoms with Gasteiger partial charge < -0.3 is 9.84 Å². The van der Waals surface area contributed by atoms with Crippen LogP contribution >= 0.6 is 0 Å². The monoisotopic (exact) mass is 331 g/mol. The summed E-state index contributed by atoms with van der Waals surface area (Å²) in [6.07, 6.45) is -6.73. The van der Waals surface area contributed by atoms with Gasteiger partial charge in [0.15, 0.2) is 0 Å². The van der Waals surface area contributed by atoms with Crippen LogP contribution in [-0.4, -0.2) is 47.2 Å². The van der Waals surface area contributed by atoms with Gasteiger partial charge in [-0.3, -0.25) is 4.84 Å². The van der Waals surface area contributed by atoms with E-state index in [1.165, 1.54) is 13.0 Å². The van der Waals surface area contributed by atoms with E-state index in [9.17, 15) is 23.1 Å². The maximum absolute atomic E-state index is 13.7. The summed E-state index contributed by atoms with van der Waals surface area (Å²) in [5.74, 6) is -1.22. The second-order valence-corrected chi connectivity index (χ2v) is 5.55. The lowest BCUT2D eigenvalue weighted by atomic mass is 9.80. The van der Waals surface area contributed by atoms with Crippen LogP contribution in [0.15, 0.2) is 24.3 Å². The lowest BCUT2D eigenvalue weighted by Gasteiger charge is -2.37. The van der Waals surface area contributed by atoms with Gasteiger partial charge in [0, 0.05) is 6.54 Å². The average molecular weight is 331 g/mol. The Kier molecular flexibility index (Phi) is 3.86. The first-order chi connectivity index (χ1) is 10.8. The number of fused-ring (bicyclic) bond motifs is 3. The fraction of sp³-hybridized carbons (Fsp3) is 0.533. The molecular weight excluding hydrogens is 315 g/mol. The van der Waals surface area contributed by atoms with E-state index in [-0.39, 0.29) is 13.2 Å². The van der Waals surface area contributed by atoms with Crippen molar-refractivity contribution in [2.24, 2.45) is 0 Å². The van der Waals surface area contributed by atoms with E-state index in [1.54, 1.807) is 18.2 Å². The van der Waals surface area contributed by atoms with Gasteiger partial charge in [0.05, 0.1) is 6.61 Å². The maximum atomic E-state index is 13.7. The number of alkyl halides is 3. The van der Waals surface area contributed by atoms with E-state index in [1.807, 2.05) is 0 Å². The van der Waals surface area contributed by atoms with Crippen molar-refractivity contribution in [3.8, 4) is 0 Å². The first kappa shape index (κ1) is 16.2. The largest absolute Gasteiger partial charge is 0.464 e. The zero-order valence-electron chi connectivity index (χ0n) is 12.3. The molecule has 1 aromatic carbocycles. The standard InChI is InChI=1S/C15H16F3NO4/c1-2-22-13(20)12-14(21,15(16,17)18)11-10-6-4-3-5-9(10)7-8-19(11)23-12/h3-6,11-12,21H,2,7-8H2,1H3/t11-,12-,14+/m0/s1. The molecule has 2 aliphatic heterocycles. The molecule has 23 heavy (non-hydrogen) atoms. The number of hydrogen-bond acceptors (Lipinski definition) is 5. The highest BCUT2D eigenvalue weighted by atomic mass is 19.4. The molecule has 0 aliphatic carbocycles. The van der Waals surface area contributed by atoms with E-state index < -0.39 is 29.9 Å². The number of nitrogens with zero attached hydrogens (tertiary/aromatic N) is 1. The molecule has 0 amide bonds. The molecule has 2 aliphatic rings. The van der Waals surface area contributed by atoms with Gasteiger partial charge >= 0.3 is 12.1 Å². The zero-order valence-corrected chi connectivity index (χ0v) is 12.3. The van der Waals surface area contributed by atoms with Crippen LogP contribution in [0.1, 0.15) is 24.1 Å². The topological polar surface area (TPSA) is 59.0 Å². The van der Waals surface area contributed by atoms with Crippen molar-refractivity contribution in [2.45, 2.75) is 37.3 Å². The molecule has 2 heterocycles. The average Bonchev–Trinajstić information content (AvgIpc) is 2.82. The molecule has 0 unspecified atom stereocenters. The molecule has 3 rings (SSSR count). The molecule has 0 saturated carbocycles. The second kappa shape index (κ2) is 5.47. The number of aliphatic hydroxyl groups is 1. The van der Waals surface area contributed by atoms with Crippen molar-refractivity contribution in [3.63, 3.8) is 0 Å². The number of carbonyl (C=O) groups is 1. The van der Waals surface area contributed by atoms with Crippen LogP contribution in [-0.2, 0) is 20.8 Å². The predicted octanol–water partition coefficient (Wildman–Crippen LogP) is 1.76. The molecule has 1 saturated heterocycles. The van der Waals surface area contributed by atoms with Crippen molar-refractivity contribution in [1.29, 1.82) is 0 Å². The lowest BCUT2D eigenvalue weighted by molar-refractivity contribution is -0.278. The molecule has 0 aromatic heterocycles. The Labute approximate surface area is 130 Å². The first-order valence-corrected chi connectivity index (χ1v) is 7.27. The van der Waals surface area contributed by atoms with Gasteiger partial charge in [-0.05, 0) is 24.5 Å². The van der Waals surface area contributed by atoms with Crippen LogP contribution in [0.4, 0.5) is 13.2 Å². The molecule has 1 aromatic rings. The molecule has 3 atom stereocenters. The highest BCUT2D eigenvalue weighted by molar-refractivity contribution is 5.77. The summed E-state index contributed by atoms with van der Waals surface area (Å²) >= 11 is 0. The molecule has 0 radical (unpaired) electrons. The van der Waals surface area contributed by atoms with Crippen molar-refractivity contribution < 1.29 is 32.6 Å². The Morgan fingerprint density at radius 2 is 2.17 bits per heavy atom. The van der Waals surface area contributed by atoms with Gasteiger partial charge in [0.1, 0.15) is 6.04 Å². The quantitative estimate of drug-likeness (QED) is 0.837. The summed E-state index contributed by atoms with van der Waals surface area (Å²) in [6.45, 7) is 1.52. The first-order valence-electron chi connectivity index (χ1n) is 7.27. The number of carbonyl (C=O) groups excluding carboxylic acids is 1. The van der Waals surface area contributed by atoms with Gasteiger partial charge in [-0.1, -0.05) is 24.3 Å². The second-order valence-electron chi connectivity index (χ2n) is 5.55. The minimum atomic E-state index is -5.06. The van der Waals surface area contributed by atoms with Crippen LogP contribution in [0, 0.1) is 0 Å². The van der Waals surface area contributed by atoms with Gasteiger partial charge in [-0.25, -0.2) is 4.79 Å². The summed E-state index contributed by atoms with van der Waals surface area (Å²) in [6, 6.07) is 5.04. The molecule has 1 fully saturated rings. The Bertz CT molecular complexity index is 621. The van der Waals surface area contributed by atoms with E-state index in [0.717, 1.165) is 5.06 Å². The van der Waals surface area contributed by atoms with E-state index in [2.05, 4.69) is 4.74 Å². The van der Waals surface area contributed by atoms with Crippen molar-refractivity contribution in [2.75, 3.05) is 13.2 Å². The summed E-state index contributed by atoms with van der Waals surface area (Å²) < 4.78 is 45.7. The fourth-order valence-electron chi connectivity index (χ4n) is 3.22. The number of hydrogen-bond donors (Lipinski definition) is 1. The fourth-order valence-corrected chi connectivity index (χ4v) is 3.22. The number of hydroxylamine groups is 2. The Morgan fingerprint density at radius 1 is 1.48 bits per heavy atom. The van der Waals surface area contributed by atoms with E-state index in [0.29, 0.717) is 17.5 Å². The lowest BCUT2D eigenvalue weighted by Crippen LogP contribution is -2.58. The summed E-state index contributed by atoms with van der Waals surface area (Å²) in [5, 5.41) is 11.6. The van der Waals surface area contributed by atoms with Crippen LogP contribution in [0.3, 0.4) is 0 Å². The highest BCUT2D eigenvalue weighted by Crippen LogP contribution is 2.53. The Balaban J connectivity index is 2.11. The van der Waals surface area contributed by atoms with Crippen LogP contribution in [0.2, 0.25) is 0 Å². The van der Waals surface area contributed by atoms with Crippen molar-refractivity contribution >= 4 is 5.97 Å². The predicted molar refractivity (Wildman–Crippen MR) is 72.1 cm³/mol. The van der Waals surface area contributed by atoms with E-state index >= 15 is 0 Å². The third kappa shape index (κ3) is 2.32. The van der Waals surface area contributed by atoms with Gasteiger partial charge in [0.2, 0.25) is 11.7 Å². The van der Waals surface area contributed by atoms with Crippen LogP contribution in [0.5, 0.6) is 0 Å². The Morgan fingerprint density at radius 3 is 2.83 bits per heavy atom. The van der Waals surface area contributed by atoms with Crippen molar-refractivity contribution in [3.05, 3.63) is 35.4 Å². The third-order valence-corrected chi connectivity index (χ3v) is 4.25. The third-order valence-electron chi connectivity index (χ3n) is 4.25. The zero-order chi connectivity index (χ0) is 16.8. The van der Waals surface area contributed by atoms with Gasteiger partial charge in [-0.2, -0.15) is 18.2 Å². The SMILES string of the molecule is CCOC(=O)[C@@H]1ON2CCc3ccccc3[C@H]2[C@]1(O)C(F)(F)F. The summed E-state index contributed by atoms with van der Waals surface area (Å²) in [7, 11) is 0. The van der Waals surface area contributed by atoms with Crippen molar-refractivity contribution in [1.82, 2.24) is 5.06 Å². The van der Waals surface area contributed by atoms with Crippen LogP contribution in [0.25, 0.3) is 0 Å². The van der Waals surface area contributed by atoms with E-state index in [4.69, 9.17) is 4.84 Å². The Hall–Kier alpha value is -1.64. The molecule has 0 bridgehead atoms. The molecule has 8 heteroatoms. The normalized spacial score (nSPS) is 30.7. The van der Waals surface area contributed by atoms with Gasteiger partial charge in [-0.15, -0.1) is 0 Å². The minimum absolute atomic E-state index is 0.103. The van der Waals surface area contributed by atoms with Crippen LogP contribution < -0.4 is 0 Å². The smallest absolute Gasteiger partial charge is 0.422 e. The number of benzene rings is 1. The molecule has 0 spiro atoms. The molecular formula is C15H16F3NO4. The minimum Gasteiger partial charge on any atom is -0.464 e. The number of esters is 1. The highest BCUT2D eigenvalue weighted by Gasteiger charge is 2.73. The molecule has 1 N–H and O–H groups in total.